The maximum Gasteiger partial charge on any atom is 0.146 e. The van der Waals surface area contributed by atoms with Crippen molar-refractivity contribution in [3.8, 4) is 0 Å². The lowest BCUT2D eigenvalue weighted by Gasteiger charge is -2.13. The molecule has 0 aliphatic heterocycles. The number of halogens is 2. The lowest BCUT2D eigenvalue weighted by Crippen LogP contribution is -2.23. The largest absolute Gasteiger partial charge is 0.387 e. The van der Waals surface area contributed by atoms with Gasteiger partial charge in [-0.05, 0) is 25.1 Å². The summed E-state index contributed by atoms with van der Waals surface area (Å²) in [7, 11) is 0. The summed E-state index contributed by atoms with van der Waals surface area (Å²) in [5.41, 5.74) is -0.0607. The van der Waals surface area contributed by atoms with E-state index in [9.17, 15) is 13.9 Å². The van der Waals surface area contributed by atoms with Crippen molar-refractivity contribution in [3.05, 3.63) is 47.5 Å². The van der Waals surface area contributed by atoms with Crippen LogP contribution in [-0.2, 0) is 13.1 Å². The Hall–Kier alpha value is -1.86. The third-order valence-corrected chi connectivity index (χ3v) is 2.97. The third-order valence-electron chi connectivity index (χ3n) is 2.97. The van der Waals surface area contributed by atoms with Gasteiger partial charge in [0.25, 0.3) is 0 Å². The molecular weight excluding hydrogens is 266 g/mol. The minimum atomic E-state index is -1.12. The van der Waals surface area contributed by atoms with Crippen LogP contribution in [0.2, 0.25) is 0 Å². The van der Waals surface area contributed by atoms with Crippen LogP contribution in [0, 0.1) is 11.6 Å². The SMILES string of the molecule is CCn1cnnc1CNCC(O)c1cc(F)ccc1F. The molecule has 0 aliphatic carbocycles. The van der Waals surface area contributed by atoms with Crippen molar-refractivity contribution in [3.63, 3.8) is 0 Å². The molecule has 7 heteroatoms. The Kier molecular flexibility index (Phi) is 4.75. The van der Waals surface area contributed by atoms with Crippen molar-refractivity contribution in [2.75, 3.05) is 6.54 Å². The molecule has 0 saturated carbocycles. The highest BCUT2D eigenvalue weighted by Crippen LogP contribution is 2.17. The summed E-state index contributed by atoms with van der Waals surface area (Å²) >= 11 is 0. The second-order valence-electron chi connectivity index (χ2n) is 4.35. The van der Waals surface area contributed by atoms with Gasteiger partial charge in [-0.2, -0.15) is 0 Å². The molecule has 0 spiro atoms. The van der Waals surface area contributed by atoms with Gasteiger partial charge < -0.3 is 15.0 Å². The summed E-state index contributed by atoms with van der Waals surface area (Å²) in [5.74, 6) is -0.483. The average Bonchev–Trinajstić information content (AvgIpc) is 2.89. The number of aliphatic hydroxyl groups is 1. The van der Waals surface area contributed by atoms with Crippen LogP contribution in [0.15, 0.2) is 24.5 Å². The van der Waals surface area contributed by atoms with Gasteiger partial charge in [0.2, 0.25) is 0 Å². The van der Waals surface area contributed by atoms with E-state index in [1.807, 2.05) is 11.5 Å². The van der Waals surface area contributed by atoms with Gasteiger partial charge in [-0.25, -0.2) is 8.78 Å². The molecule has 5 nitrogen and oxygen atoms in total. The molecule has 0 bridgehead atoms. The van der Waals surface area contributed by atoms with Gasteiger partial charge >= 0.3 is 0 Å². The van der Waals surface area contributed by atoms with Gasteiger partial charge in [-0.1, -0.05) is 0 Å². The van der Waals surface area contributed by atoms with Crippen LogP contribution in [-0.4, -0.2) is 26.4 Å². The molecule has 2 rings (SSSR count). The smallest absolute Gasteiger partial charge is 0.146 e. The Morgan fingerprint density at radius 1 is 1.40 bits per heavy atom. The van der Waals surface area contributed by atoms with Crippen molar-refractivity contribution in [1.29, 1.82) is 0 Å². The van der Waals surface area contributed by atoms with Crippen molar-refractivity contribution >= 4 is 0 Å². The third kappa shape index (κ3) is 3.37. The Bertz CT molecular complexity index is 573. The Labute approximate surface area is 115 Å². The van der Waals surface area contributed by atoms with Crippen LogP contribution in [0.1, 0.15) is 24.4 Å². The number of nitrogens with zero attached hydrogens (tertiary/aromatic N) is 3. The fraction of sp³-hybridized carbons (Fsp3) is 0.385. The van der Waals surface area contributed by atoms with E-state index in [2.05, 4.69) is 15.5 Å². The molecule has 1 aromatic heterocycles. The summed E-state index contributed by atoms with van der Waals surface area (Å²) in [6.07, 6.45) is 0.489. The van der Waals surface area contributed by atoms with E-state index in [0.717, 1.165) is 30.6 Å². The number of hydrogen-bond acceptors (Lipinski definition) is 4. The summed E-state index contributed by atoms with van der Waals surface area (Å²) in [6.45, 7) is 3.19. The number of benzene rings is 1. The first-order chi connectivity index (χ1) is 9.61. The van der Waals surface area contributed by atoms with Crippen molar-refractivity contribution in [2.24, 2.45) is 0 Å². The van der Waals surface area contributed by atoms with Crippen molar-refractivity contribution in [1.82, 2.24) is 20.1 Å². The van der Waals surface area contributed by atoms with Crippen LogP contribution >= 0.6 is 0 Å². The second-order valence-corrected chi connectivity index (χ2v) is 4.35. The molecule has 2 aromatic rings. The van der Waals surface area contributed by atoms with Gasteiger partial charge in [-0.15, -0.1) is 10.2 Å². The zero-order chi connectivity index (χ0) is 14.5. The average molecular weight is 282 g/mol. The predicted molar refractivity (Wildman–Crippen MR) is 68.7 cm³/mol. The minimum Gasteiger partial charge on any atom is -0.387 e. The molecule has 1 atom stereocenters. The van der Waals surface area contributed by atoms with Gasteiger partial charge in [0.15, 0.2) is 0 Å². The summed E-state index contributed by atoms with van der Waals surface area (Å²) in [4.78, 5) is 0. The van der Waals surface area contributed by atoms with Crippen LogP contribution in [0.3, 0.4) is 0 Å². The Balaban J connectivity index is 1.92. The highest BCUT2D eigenvalue weighted by atomic mass is 19.1. The van der Waals surface area contributed by atoms with Gasteiger partial charge in [0.05, 0.1) is 12.6 Å². The molecule has 0 aliphatic rings. The first-order valence-electron chi connectivity index (χ1n) is 6.32. The second kappa shape index (κ2) is 6.53. The molecule has 0 amide bonds. The van der Waals surface area contributed by atoms with E-state index in [4.69, 9.17) is 0 Å². The molecule has 108 valence electrons. The number of hydrogen-bond donors (Lipinski definition) is 2. The molecule has 1 aromatic carbocycles. The topological polar surface area (TPSA) is 63.0 Å². The number of aryl methyl sites for hydroxylation is 1. The van der Waals surface area contributed by atoms with E-state index >= 15 is 0 Å². The fourth-order valence-electron chi connectivity index (χ4n) is 1.88. The molecule has 1 unspecified atom stereocenters. The van der Waals surface area contributed by atoms with Gasteiger partial charge in [0, 0.05) is 18.7 Å². The molecule has 0 fully saturated rings. The van der Waals surface area contributed by atoms with Crippen molar-refractivity contribution < 1.29 is 13.9 Å². The Morgan fingerprint density at radius 2 is 2.20 bits per heavy atom. The van der Waals surface area contributed by atoms with E-state index in [1.54, 1.807) is 6.33 Å². The van der Waals surface area contributed by atoms with Crippen LogP contribution in [0.5, 0.6) is 0 Å². The highest BCUT2D eigenvalue weighted by Gasteiger charge is 2.14. The molecule has 2 N–H and O–H groups in total. The predicted octanol–water partition coefficient (Wildman–Crippen LogP) is 1.40. The number of aliphatic hydroxyl groups excluding tert-OH is 1. The lowest BCUT2D eigenvalue weighted by atomic mass is 10.1. The van der Waals surface area contributed by atoms with E-state index in [0.29, 0.717) is 6.54 Å². The van der Waals surface area contributed by atoms with Gasteiger partial charge in [0.1, 0.15) is 23.8 Å². The first-order valence-corrected chi connectivity index (χ1v) is 6.32. The van der Waals surface area contributed by atoms with Crippen LogP contribution in [0.25, 0.3) is 0 Å². The maximum atomic E-state index is 13.5. The van der Waals surface area contributed by atoms with E-state index < -0.39 is 17.7 Å². The van der Waals surface area contributed by atoms with E-state index in [1.165, 1.54) is 0 Å². The maximum absolute atomic E-state index is 13.5. The lowest BCUT2D eigenvalue weighted by molar-refractivity contribution is 0.168. The molecular formula is C13H16F2N4O. The molecule has 0 saturated heterocycles. The monoisotopic (exact) mass is 282 g/mol. The Morgan fingerprint density at radius 3 is 2.95 bits per heavy atom. The fourth-order valence-corrected chi connectivity index (χ4v) is 1.88. The standard InChI is InChI=1S/C13H16F2N4O/c1-2-19-8-17-18-13(19)7-16-6-12(20)10-5-9(14)3-4-11(10)15/h3-5,8,12,16,20H,2,6-7H2,1H3. The first kappa shape index (κ1) is 14.5. The number of aromatic nitrogens is 3. The zero-order valence-electron chi connectivity index (χ0n) is 11.1. The van der Waals surface area contributed by atoms with Gasteiger partial charge in [-0.3, -0.25) is 0 Å². The minimum absolute atomic E-state index is 0.0607. The molecule has 20 heavy (non-hydrogen) atoms. The quantitative estimate of drug-likeness (QED) is 0.840. The molecule has 1 heterocycles. The number of nitrogens with one attached hydrogen (secondary N) is 1. The molecule has 0 radical (unpaired) electrons. The van der Waals surface area contributed by atoms with Crippen LogP contribution in [0.4, 0.5) is 8.78 Å². The summed E-state index contributed by atoms with van der Waals surface area (Å²) in [6, 6.07) is 3.01. The zero-order valence-corrected chi connectivity index (χ0v) is 11.1. The summed E-state index contributed by atoms with van der Waals surface area (Å²) < 4.78 is 28.3. The van der Waals surface area contributed by atoms with Crippen molar-refractivity contribution in [2.45, 2.75) is 26.1 Å². The normalized spacial score (nSPS) is 12.6. The summed E-state index contributed by atoms with van der Waals surface area (Å²) in [5, 5.41) is 20.5. The van der Waals surface area contributed by atoms with Crippen LogP contribution < -0.4 is 5.32 Å². The van der Waals surface area contributed by atoms with E-state index in [-0.39, 0.29) is 12.1 Å². The highest BCUT2D eigenvalue weighted by molar-refractivity contribution is 5.21. The number of rotatable bonds is 6.